The third-order valence-electron chi connectivity index (χ3n) is 7.49. The lowest BCUT2D eigenvalue weighted by Crippen LogP contribution is -2.50. The highest BCUT2D eigenvalue weighted by Gasteiger charge is 2.46. The molecule has 1 aromatic carbocycles. The van der Waals surface area contributed by atoms with Crippen LogP contribution in [0.3, 0.4) is 0 Å². The Morgan fingerprint density at radius 1 is 1.08 bits per heavy atom. The van der Waals surface area contributed by atoms with E-state index in [1.54, 1.807) is 4.90 Å². The normalized spacial score (nSPS) is 17.6. The van der Waals surface area contributed by atoms with E-state index in [4.69, 9.17) is 16.3 Å². The van der Waals surface area contributed by atoms with Crippen LogP contribution in [-0.4, -0.2) is 54.8 Å². The maximum Gasteiger partial charge on any atom is 0.410 e. The highest BCUT2D eigenvalue weighted by molar-refractivity contribution is 6.30. The number of carbonyl (C=O) groups excluding carboxylic acids is 2. The highest BCUT2D eigenvalue weighted by Crippen LogP contribution is 2.46. The van der Waals surface area contributed by atoms with Gasteiger partial charge in [-0.3, -0.25) is 14.1 Å². The topological polar surface area (TPSA) is 85.0 Å². The molecule has 1 fully saturated rings. The van der Waals surface area contributed by atoms with Gasteiger partial charge in [-0.25, -0.2) is 4.79 Å². The Kier molecular flexibility index (Phi) is 5.77. The van der Waals surface area contributed by atoms with E-state index in [1.165, 1.54) is 0 Å². The van der Waals surface area contributed by atoms with Crippen LogP contribution in [0.4, 0.5) is 10.5 Å². The smallest absolute Gasteiger partial charge is 0.410 e. The standard InChI is InChI=1S/C29H31ClN6O3/c1-16-11-21(14-35-17(2)31-32-26(16)35)36-24(18-7-9-20(30)10-8-18)25-23(27(36)37)22(15-33(25)6)19-12-34(13-19)28(38)39-29(3,4)5/h7-11,14-15,19,24H,12-13H2,1-6H3. The highest BCUT2D eigenvalue weighted by atomic mass is 35.5. The number of nitrogens with zero attached hydrogens (tertiary/aromatic N) is 6. The van der Waals surface area contributed by atoms with Gasteiger partial charge < -0.3 is 14.2 Å². The van der Waals surface area contributed by atoms with Gasteiger partial charge in [0.2, 0.25) is 0 Å². The molecule has 9 nitrogen and oxygen atoms in total. The zero-order chi connectivity index (χ0) is 27.8. The number of likely N-dealkylation sites (tertiary alicyclic amines) is 1. The van der Waals surface area contributed by atoms with Crippen LogP contribution in [0.25, 0.3) is 5.65 Å². The van der Waals surface area contributed by atoms with Crippen LogP contribution in [-0.2, 0) is 11.8 Å². The number of carbonyl (C=O) groups is 2. The maximum atomic E-state index is 14.3. The summed E-state index contributed by atoms with van der Waals surface area (Å²) in [5, 5.41) is 9.14. The molecule has 0 saturated carbocycles. The number of aromatic nitrogens is 4. The molecule has 0 aliphatic carbocycles. The third-order valence-corrected chi connectivity index (χ3v) is 7.74. The first kappa shape index (κ1) is 25.4. The minimum Gasteiger partial charge on any atom is -0.444 e. The molecule has 1 unspecified atom stereocenters. The Labute approximate surface area is 231 Å². The van der Waals surface area contributed by atoms with E-state index in [-0.39, 0.29) is 24.0 Å². The fourth-order valence-corrected chi connectivity index (χ4v) is 5.77. The largest absolute Gasteiger partial charge is 0.444 e. The molecular formula is C29H31ClN6O3. The number of amides is 2. The average molecular weight is 547 g/mol. The summed E-state index contributed by atoms with van der Waals surface area (Å²) in [5.74, 6) is 0.729. The van der Waals surface area contributed by atoms with Crippen molar-refractivity contribution in [3.05, 3.63) is 81.5 Å². The minimum atomic E-state index is -0.555. The number of benzene rings is 1. The van der Waals surface area contributed by atoms with Gasteiger partial charge in [-0.15, -0.1) is 10.2 Å². The van der Waals surface area contributed by atoms with Crippen molar-refractivity contribution >= 4 is 34.9 Å². The second kappa shape index (κ2) is 8.84. The number of pyridine rings is 1. The molecule has 3 aromatic heterocycles. The molecule has 39 heavy (non-hydrogen) atoms. The molecule has 10 heteroatoms. The molecule has 5 heterocycles. The van der Waals surface area contributed by atoms with Crippen molar-refractivity contribution in [3.8, 4) is 0 Å². The summed E-state index contributed by atoms with van der Waals surface area (Å²) in [5.41, 5.74) is 5.44. The predicted octanol–water partition coefficient (Wildman–Crippen LogP) is 5.42. The molecule has 0 N–H and O–H groups in total. The van der Waals surface area contributed by atoms with Crippen LogP contribution in [0, 0.1) is 13.8 Å². The molecule has 0 bridgehead atoms. The van der Waals surface area contributed by atoms with Gasteiger partial charge in [0.1, 0.15) is 17.5 Å². The van der Waals surface area contributed by atoms with Gasteiger partial charge in [-0.05, 0) is 69.5 Å². The van der Waals surface area contributed by atoms with Crippen molar-refractivity contribution in [2.45, 2.75) is 52.2 Å². The van der Waals surface area contributed by atoms with Crippen LogP contribution in [0.2, 0.25) is 5.02 Å². The van der Waals surface area contributed by atoms with Gasteiger partial charge in [0.15, 0.2) is 5.65 Å². The quantitative estimate of drug-likeness (QED) is 0.342. The first-order valence-electron chi connectivity index (χ1n) is 13.0. The molecule has 4 aromatic rings. The van der Waals surface area contributed by atoms with E-state index < -0.39 is 5.60 Å². The van der Waals surface area contributed by atoms with Crippen molar-refractivity contribution < 1.29 is 14.3 Å². The summed E-state index contributed by atoms with van der Waals surface area (Å²) in [7, 11) is 1.98. The summed E-state index contributed by atoms with van der Waals surface area (Å²) in [4.78, 5) is 30.5. The molecule has 2 amide bonds. The zero-order valence-corrected chi connectivity index (χ0v) is 23.7. The molecular weight excluding hydrogens is 516 g/mol. The van der Waals surface area contributed by atoms with Crippen molar-refractivity contribution in [2.24, 2.45) is 7.05 Å². The molecule has 202 valence electrons. The summed E-state index contributed by atoms with van der Waals surface area (Å²) >= 11 is 6.23. The number of aryl methyl sites for hydroxylation is 3. The molecule has 1 atom stereocenters. The molecule has 2 aliphatic rings. The van der Waals surface area contributed by atoms with Crippen LogP contribution in [0.5, 0.6) is 0 Å². The van der Waals surface area contributed by atoms with E-state index in [0.29, 0.717) is 23.7 Å². The number of fused-ring (bicyclic) bond motifs is 2. The molecule has 1 saturated heterocycles. The Morgan fingerprint density at radius 2 is 1.77 bits per heavy atom. The second-order valence-corrected chi connectivity index (χ2v) is 11.9. The van der Waals surface area contributed by atoms with Gasteiger partial charge in [-0.2, -0.15) is 0 Å². The minimum absolute atomic E-state index is 0.0477. The van der Waals surface area contributed by atoms with Crippen LogP contribution in [0.1, 0.15) is 71.3 Å². The number of halogens is 1. The van der Waals surface area contributed by atoms with Crippen LogP contribution >= 0.6 is 11.6 Å². The number of hydrogen-bond acceptors (Lipinski definition) is 5. The SMILES string of the molecule is Cc1cc(N2C(=O)c3c(C4CN(C(=O)OC(C)(C)C)C4)cn(C)c3C2c2ccc(Cl)cc2)cn2c(C)nnc12. The van der Waals surface area contributed by atoms with Crippen molar-refractivity contribution in [1.29, 1.82) is 0 Å². The van der Waals surface area contributed by atoms with E-state index in [2.05, 4.69) is 10.2 Å². The van der Waals surface area contributed by atoms with Gasteiger partial charge in [0.05, 0.1) is 16.9 Å². The van der Waals surface area contributed by atoms with Gasteiger partial charge in [0.25, 0.3) is 5.91 Å². The summed E-state index contributed by atoms with van der Waals surface area (Å²) in [6.07, 6.45) is 3.64. The van der Waals surface area contributed by atoms with E-state index >= 15 is 0 Å². The second-order valence-electron chi connectivity index (χ2n) is 11.5. The van der Waals surface area contributed by atoms with E-state index in [0.717, 1.165) is 39.5 Å². The summed E-state index contributed by atoms with van der Waals surface area (Å²) in [6, 6.07) is 9.29. The monoisotopic (exact) mass is 546 g/mol. The van der Waals surface area contributed by atoms with Crippen LogP contribution in [0.15, 0.2) is 42.7 Å². The van der Waals surface area contributed by atoms with Crippen molar-refractivity contribution in [3.63, 3.8) is 0 Å². The first-order chi connectivity index (χ1) is 18.4. The molecule has 2 aliphatic heterocycles. The molecule has 0 radical (unpaired) electrons. The van der Waals surface area contributed by atoms with Crippen LogP contribution < -0.4 is 4.90 Å². The predicted molar refractivity (Wildman–Crippen MR) is 149 cm³/mol. The van der Waals surface area contributed by atoms with E-state index in [9.17, 15) is 9.59 Å². The van der Waals surface area contributed by atoms with Gasteiger partial charge in [0, 0.05) is 43.5 Å². The fourth-order valence-electron chi connectivity index (χ4n) is 5.65. The number of hydrogen-bond donors (Lipinski definition) is 0. The fraction of sp³-hybridized carbons (Fsp3) is 0.379. The Morgan fingerprint density at radius 3 is 2.44 bits per heavy atom. The Bertz CT molecular complexity index is 1630. The number of anilines is 1. The van der Waals surface area contributed by atoms with Crippen molar-refractivity contribution in [1.82, 2.24) is 24.1 Å². The molecule has 0 spiro atoms. The van der Waals surface area contributed by atoms with Gasteiger partial charge in [-0.1, -0.05) is 23.7 Å². The number of rotatable bonds is 3. The Hall–Kier alpha value is -3.85. The maximum absolute atomic E-state index is 14.3. The van der Waals surface area contributed by atoms with Gasteiger partial charge >= 0.3 is 6.09 Å². The average Bonchev–Trinajstić information content (AvgIpc) is 3.45. The lowest BCUT2D eigenvalue weighted by atomic mass is 9.90. The van der Waals surface area contributed by atoms with E-state index in [1.807, 2.05) is 98.3 Å². The first-order valence-corrected chi connectivity index (χ1v) is 13.4. The lowest BCUT2D eigenvalue weighted by Gasteiger charge is -2.40. The lowest BCUT2D eigenvalue weighted by molar-refractivity contribution is 0.00817. The summed E-state index contributed by atoms with van der Waals surface area (Å²) in [6.45, 7) is 10.5. The zero-order valence-electron chi connectivity index (χ0n) is 22.9. The third kappa shape index (κ3) is 4.16. The summed E-state index contributed by atoms with van der Waals surface area (Å²) < 4.78 is 9.51. The van der Waals surface area contributed by atoms with Crippen molar-refractivity contribution in [2.75, 3.05) is 18.0 Å². The molecule has 6 rings (SSSR count). The number of ether oxygens (including phenoxy) is 1. The Balaban J connectivity index is 1.42.